The van der Waals surface area contributed by atoms with Gasteiger partial charge in [0.2, 0.25) is 0 Å². The highest BCUT2D eigenvalue weighted by Crippen LogP contribution is 2.23. The zero-order valence-corrected chi connectivity index (χ0v) is 13.2. The molecule has 0 aliphatic heterocycles. The Hall–Kier alpha value is -2.23. The fraction of sp³-hybridized carbons (Fsp3) is 0.105. The molecule has 116 valence electrons. The van der Waals surface area contributed by atoms with Gasteiger partial charge in [0.1, 0.15) is 11.0 Å². The lowest BCUT2D eigenvalue weighted by Gasteiger charge is -2.09. The lowest BCUT2D eigenvalue weighted by Crippen LogP contribution is -2.13. The van der Waals surface area contributed by atoms with E-state index in [-0.39, 0.29) is 5.82 Å². The molecule has 1 N–H and O–H groups in total. The summed E-state index contributed by atoms with van der Waals surface area (Å²) in [6.45, 7) is 1.25. The second kappa shape index (κ2) is 7.36. The van der Waals surface area contributed by atoms with Crippen LogP contribution in [0, 0.1) is 5.82 Å². The number of hydrogen-bond donors (Lipinski definition) is 1. The molecule has 0 amide bonds. The lowest BCUT2D eigenvalue weighted by atomic mass is 10.1. The molecule has 2 nitrogen and oxygen atoms in total. The van der Waals surface area contributed by atoms with E-state index in [9.17, 15) is 4.39 Å². The molecule has 0 radical (unpaired) electrons. The number of benzene rings is 2. The van der Waals surface area contributed by atoms with Crippen LogP contribution in [-0.4, -0.2) is 4.98 Å². The number of nitrogens with zero attached hydrogens (tertiary/aromatic N) is 1. The first-order chi connectivity index (χ1) is 11.2. The molecule has 0 saturated heterocycles. The Morgan fingerprint density at radius 1 is 0.913 bits per heavy atom. The van der Waals surface area contributed by atoms with Crippen LogP contribution in [-0.2, 0) is 13.1 Å². The Kier molecular flexibility index (Phi) is 5.01. The summed E-state index contributed by atoms with van der Waals surface area (Å²) in [4.78, 5) is 4.27. The van der Waals surface area contributed by atoms with E-state index in [1.165, 1.54) is 12.1 Å². The molecule has 1 heterocycles. The van der Waals surface area contributed by atoms with Gasteiger partial charge in [-0.05, 0) is 29.3 Å². The topological polar surface area (TPSA) is 24.9 Å². The van der Waals surface area contributed by atoms with Gasteiger partial charge in [-0.25, -0.2) is 9.37 Å². The monoisotopic (exact) mass is 326 g/mol. The molecule has 0 aliphatic rings. The second-order valence-corrected chi connectivity index (χ2v) is 5.63. The zero-order valence-electron chi connectivity index (χ0n) is 12.5. The molecule has 3 rings (SSSR count). The van der Waals surface area contributed by atoms with Crippen LogP contribution in [0.2, 0.25) is 5.15 Å². The fourth-order valence-corrected chi connectivity index (χ4v) is 2.52. The van der Waals surface area contributed by atoms with Crippen molar-refractivity contribution in [2.24, 2.45) is 0 Å². The van der Waals surface area contributed by atoms with Crippen molar-refractivity contribution in [3.8, 4) is 11.1 Å². The predicted octanol–water partition coefficient (Wildman–Crippen LogP) is 4.83. The summed E-state index contributed by atoms with van der Waals surface area (Å²) in [7, 11) is 0. The molecule has 0 bridgehead atoms. The van der Waals surface area contributed by atoms with Gasteiger partial charge < -0.3 is 5.32 Å². The molecule has 23 heavy (non-hydrogen) atoms. The molecule has 2 aromatic carbocycles. The first kappa shape index (κ1) is 15.7. The third-order valence-corrected chi connectivity index (χ3v) is 3.92. The second-order valence-electron chi connectivity index (χ2n) is 5.27. The van der Waals surface area contributed by atoms with Crippen molar-refractivity contribution in [1.82, 2.24) is 10.3 Å². The summed E-state index contributed by atoms with van der Waals surface area (Å²) in [6, 6.07) is 18.6. The molecule has 3 aromatic rings. The first-order valence-electron chi connectivity index (χ1n) is 7.37. The van der Waals surface area contributed by atoms with Crippen molar-refractivity contribution in [2.75, 3.05) is 0 Å². The van der Waals surface area contributed by atoms with Crippen molar-refractivity contribution < 1.29 is 4.39 Å². The molecule has 0 atom stereocenters. The van der Waals surface area contributed by atoms with Crippen LogP contribution in [0.15, 0.2) is 66.9 Å². The van der Waals surface area contributed by atoms with Crippen molar-refractivity contribution in [1.29, 1.82) is 0 Å². The lowest BCUT2D eigenvalue weighted by molar-refractivity contribution is 0.625. The van der Waals surface area contributed by atoms with E-state index in [4.69, 9.17) is 11.6 Å². The normalized spacial score (nSPS) is 10.7. The third-order valence-electron chi connectivity index (χ3n) is 3.58. The van der Waals surface area contributed by atoms with Gasteiger partial charge in [0.15, 0.2) is 0 Å². The molecule has 0 saturated carbocycles. The smallest absolute Gasteiger partial charge is 0.133 e. The van der Waals surface area contributed by atoms with Gasteiger partial charge in [-0.3, -0.25) is 0 Å². The van der Waals surface area contributed by atoms with E-state index >= 15 is 0 Å². The Morgan fingerprint density at radius 2 is 1.65 bits per heavy atom. The van der Waals surface area contributed by atoms with Crippen LogP contribution in [0.25, 0.3) is 11.1 Å². The van der Waals surface area contributed by atoms with Gasteiger partial charge in [0, 0.05) is 30.4 Å². The molecule has 1 aromatic heterocycles. The quantitative estimate of drug-likeness (QED) is 0.679. The first-order valence-corrected chi connectivity index (χ1v) is 7.75. The van der Waals surface area contributed by atoms with Gasteiger partial charge in [-0.1, -0.05) is 54.1 Å². The Morgan fingerprint density at radius 3 is 2.39 bits per heavy atom. The SMILES string of the molecule is Fc1ccc(CNCc2cc(-c3ccccc3)cnc2Cl)cc1. The number of nitrogens with one attached hydrogen (secondary N) is 1. The molecule has 0 fully saturated rings. The molecule has 0 aliphatic carbocycles. The van der Waals surface area contributed by atoms with Crippen LogP contribution in [0.5, 0.6) is 0 Å². The molecular formula is C19H16ClFN2. The fourth-order valence-electron chi connectivity index (χ4n) is 2.35. The summed E-state index contributed by atoms with van der Waals surface area (Å²) in [5.41, 5.74) is 4.11. The van der Waals surface area contributed by atoms with Crippen LogP contribution < -0.4 is 5.32 Å². The van der Waals surface area contributed by atoms with Crippen molar-refractivity contribution in [3.05, 3.63) is 89.0 Å². The number of aromatic nitrogens is 1. The average molecular weight is 327 g/mol. The zero-order chi connectivity index (χ0) is 16.1. The molecular weight excluding hydrogens is 311 g/mol. The molecule has 4 heteroatoms. The van der Waals surface area contributed by atoms with E-state index < -0.39 is 0 Å². The Balaban J connectivity index is 1.69. The maximum atomic E-state index is 12.9. The summed E-state index contributed by atoms with van der Waals surface area (Å²) in [5.74, 6) is -0.225. The van der Waals surface area contributed by atoms with Gasteiger partial charge in [0.25, 0.3) is 0 Å². The van der Waals surface area contributed by atoms with E-state index in [0.29, 0.717) is 18.2 Å². The third kappa shape index (κ3) is 4.15. The van der Waals surface area contributed by atoms with Crippen LogP contribution >= 0.6 is 11.6 Å². The Labute approximate surface area is 140 Å². The standard InChI is InChI=1S/C19H16ClFN2/c20-19-17(12-22-11-14-6-8-18(21)9-7-14)10-16(13-23-19)15-4-2-1-3-5-15/h1-10,13,22H,11-12H2. The van der Waals surface area contributed by atoms with Gasteiger partial charge in [-0.15, -0.1) is 0 Å². The van der Waals surface area contributed by atoms with Crippen molar-refractivity contribution in [2.45, 2.75) is 13.1 Å². The summed E-state index contributed by atoms with van der Waals surface area (Å²) in [5, 5.41) is 3.81. The van der Waals surface area contributed by atoms with Gasteiger partial charge in [-0.2, -0.15) is 0 Å². The number of pyridine rings is 1. The molecule has 0 spiro atoms. The van der Waals surface area contributed by atoms with Gasteiger partial charge in [0.05, 0.1) is 0 Å². The average Bonchev–Trinajstić information content (AvgIpc) is 2.59. The number of rotatable bonds is 5. The van der Waals surface area contributed by atoms with Crippen molar-refractivity contribution >= 4 is 11.6 Å². The minimum Gasteiger partial charge on any atom is -0.309 e. The highest BCUT2D eigenvalue weighted by atomic mass is 35.5. The highest BCUT2D eigenvalue weighted by molar-refractivity contribution is 6.30. The summed E-state index contributed by atoms with van der Waals surface area (Å²) < 4.78 is 12.9. The summed E-state index contributed by atoms with van der Waals surface area (Å²) in [6.07, 6.45) is 1.78. The minimum absolute atomic E-state index is 0.225. The van der Waals surface area contributed by atoms with E-state index in [0.717, 1.165) is 22.3 Å². The Bertz CT molecular complexity index is 773. The van der Waals surface area contributed by atoms with E-state index in [1.807, 2.05) is 36.4 Å². The minimum atomic E-state index is -0.225. The maximum Gasteiger partial charge on any atom is 0.133 e. The maximum absolute atomic E-state index is 12.9. The number of hydrogen-bond acceptors (Lipinski definition) is 2. The largest absolute Gasteiger partial charge is 0.309 e. The predicted molar refractivity (Wildman–Crippen MR) is 91.6 cm³/mol. The van der Waals surface area contributed by atoms with Crippen molar-refractivity contribution in [3.63, 3.8) is 0 Å². The van der Waals surface area contributed by atoms with Crippen LogP contribution in [0.4, 0.5) is 4.39 Å². The van der Waals surface area contributed by atoms with E-state index in [1.54, 1.807) is 18.3 Å². The highest BCUT2D eigenvalue weighted by Gasteiger charge is 2.05. The number of halogens is 2. The molecule has 0 unspecified atom stereocenters. The van der Waals surface area contributed by atoms with Gasteiger partial charge >= 0.3 is 0 Å². The summed E-state index contributed by atoms with van der Waals surface area (Å²) >= 11 is 6.19. The van der Waals surface area contributed by atoms with E-state index in [2.05, 4.69) is 10.3 Å². The van der Waals surface area contributed by atoms with Crippen LogP contribution in [0.1, 0.15) is 11.1 Å². The van der Waals surface area contributed by atoms with Crippen LogP contribution in [0.3, 0.4) is 0 Å².